The molecule has 0 heterocycles. The van der Waals surface area contributed by atoms with Gasteiger partial charge in [-0.3, -0.25) is 9.59 Å². The highest BCUT2D eigenvalue weighted by molar-refractivity contribution is 5.87. The van der Waals surface area contributed by atoms with Crippen LogP contribution >= 0.6 is 0 Å². The molecule has 0 aliphatic rings. The number of nitrogens with one attached hydrogen (secondary N) is 1. The second-order valence-corrected chi connectivity index (χ2v) is 4.35. The van der Waals surface area contributed by atoms with Crippen molar-refractivity contribution in [1.82, 2.24) is 5.32 Å². The summed E-state index contributed by atoms with van der Waals surface area (Å²) in [6, 6.07) is 8.65. The number of carbonyl (C=O) groups excluding carboxylic acids is 2. The van der Waals surface area contributed by atoms with Crippen molar-refractivity contribution < 1.29 is 9.59 Å². The van der Waals surface area contributed by atoms with Gasteiger partial charge >= 0.3 is 0 Å². The van der Waals surface area contributed by atoms with Crippen LogP contribution in [0.15, 0.2) is 42.5 Å². The van der Waals surface area contributed by atoms with Gasteiger partial charge in [-0.25, -0.2) is 0 Å². The normalized spacial score (nSPS) is 11.6. The van der Waals surface area contributed by atoms with Crippen LogP contribution in [0, 0.1) is 0 Å². The SMILES string of the molecule is C=C(C)C[C@H](NC(=O)Cc1ccccc1)C(N)=O. The second kappa shape index (κ2) is 6.59. The van der Waals surface area contributed by atoms with Crippen LogP contribution in [0.4, 0.5) is 0 Å². The average molecular weight is 246 g/mol. The summed E-state index contributed by atoms with van der Waals surface area (Å²) in [6.07, 6.45) is 0.608. The minimum absolute atomic E-state index is 0.216. The minimum atomic E-state index is -0.682. The molecule has 3 N–H and O–H groups in total. The Morgan fingerprint density at radius 3 is 2.44 bits per heavy atom. The molecular weight excluding hydrogens is 228 g/mol. The highest BCUT2D eigenvalue weighted by atomic mass is 16.2. The van der Waals surface area contributed by atoms with E-state index in [0.29, 0.717) is 6.42 Å². The van der Waals surface area contributed by atoms with Gasteiger partial charge in [-0.05, 0) is 18.9 Å². The first-order chi connectivity index (χ1) is 8.49. The lowest BCUT2D eigenvalue weighted by Gasteiger charge is -2.15. The molecule has 2 amide bonds. The predicted octanol–water partition coefficient (Wildman–Crippen LogP) is 1.17. The van der Waals surface area contributed by atoms with Gasteiger partial charge in [0.2, 0.25) is 11.8 Å². The van der Waals surface area contributed by atoms with E-state index < -0.39 is 11.9 Å². The zero-order valence-corrected chi connectivity index (χ0v) is 10.5. The van der Waals surface area contributed by atoms with Gasteiger partial charge < -0.3 is 11.1 Å². The zero-order chi connectivity index (χ0) is 13.5. The summed E-state index contributed by atoms with van der Waals surface area (Å²) in [5.74, 6) is -0.759. The van der Waals surface area contributed by atoms with Crippen LogP contribution in [-0.4, -0.2) is 17.9 Å². The lowest BCUT2D eigenvalue weighted by molar-refractivity contribution is -0.126. The highest BCUT2D eigenvalue weighted by Gasteiger charge is 2.17. The van der Waals surface area contributed by atoms with E-state index in [2.05, 4.69) is 11.9 Å². The number of hydrogen-bond donors (Lipinski definition) is 2. The molecule has 0 saturated carbocycles. The van der Waals surface area contributed by atoms with Crippen LogP contribution in [0.3, 0.4) is 0 Å². The zero-order valence-electron chi connectivity index (χ0n) is 10.5. The van der Waals surface area contributed by atoms with Crippen molar-refractivity contribution in [3.8, 4) is 0 Å². The molecule has 0 bridgehead atoms. The van der Waals surface area contributed by atoms with E-state index >= 15 is 0 Å². The monoisotopic (exact) mass is 246 g/mol. The van der Waals surface area contributed by atoms with Gasteiger partial charge in [0.25, 0.3) is 0 Å². The summed E-state index contributed by atoms with van der Waals surface area (Å²) in [7, 11) is 0. The molecule has 18 heavy (non-hydrogen) atoms. The minimum Gasteiger partial charge on any atom is -0.368 e. The van der Waals surface area contributed by atoms with Crippen LogP contribution in [0.1, 0.15) is 18.9 Å². The molecule has 1 aromatic carbocycles. The van der Waals surface area contributed by atoms with Crippen molar-refractivity contribution in [3.63, 3.8) is 0 Å². The van der Waals surface area contributed by atoms with E-state index in [1.54, 1.807) is 6.92 Å². The summed E-state index contributed by atoms with van der Waals surface area (Å²) in [6.45, 7) is 5.50. The standard InChI is InChI=1S/C14H18N2O2/c1-10(2)8-12(14(15)18)16-13(17)9-11-6-4-3-5-7-11/h3-7,12H,1,8-9H2,2H3,(H2,15,18)(H,16,17)/t12-/m0/s1. The number of hydrogen-bond acceptors (Lipinski definition) is 2. The fraction of sp³-hybridized carbons (Fsp3) is 0.286. The Balaban J connectivity index is 2.56. The Morgan fingerprint density at radius 2 is 1.94 bits per heavy atom. The number of rotatable bonds is 6. The van der Waals surface area contributed by atoms with E-state index in [1.807, 2.05) is 30.3 Å². The predicted molar refractivity (Wildman–Crippen MR) is 70.7 cm³/mol. The number of amides is 2. The van der Waals surface area contributed by atoms with Crippen LogP contribution in [-0.2, 0) is 16.0 Å². The largest absolute Gasteiger partial charge is 0.368 e. The van der Waals surface area contributed by atoms with Crippen molar-refractivity contribution in [3.05, 3.63) is 48.0 Å². The third-order valence-corrected chi connectivity index (χ3v) is 2.44. The molecule has 1 rings (SSSR count). The topological polar surface area (TPSA) is 72.2 Å². The summed E-state index contributed by atoms with van der Waals surface area (Å²) in [5, 5.41) is 2.62. The Hall–Kier alpha value is -2.10. The van der Waals surface area contributed by atoms with E-state index in [4.69, 9.17) is 5.73 Å². The summed E-state index contributed by atoms with van der Waals surface area (Å²) < 4.78 is 0. The second-order valence-electron chi connectivity index (χ2n) is 4.35. The summed E-state index contributed by atoms with van der Waals surface area (Å²) in [5.41, 5.74) is 6.93. The number of carbonyl (C=O) groups is 2. The van der Waals surface area contributed by atoms with Gasteiger partial charge in [-0.1, -0.05) is 35.9 Å². The molecule has 0 saturated heterocycles. The van der Waals surface area contributed by atoms with Gasteiger partial charge in [0, 0.05) is 0 Å². The third kappa shape index (κ3) is 4.82. The van der Waals surface area contributed by atoms with Crippen LogP contribution in [0.25, 0.3) is 0 Å². The molecule has 0 fully saturated rings. The Kier molecular flexibility index (Phi) is 5.11. The maximum Gasteiger partial charge on any atom is 0.240 e. The molecule has 0 unspecified atom stereocenters. The Labute approximate surface area is 107 Å². The van der Waals surface area contributed by atoms with Gasteiger partial charge in [0.15, 0.2) is 0 Å². The lowest BCUT2D eigenvalue weighted by Crippen LogP contribution is -2.45. The maximum absolute atomic E-state index is 11.8. The van der Waals surface area contributed by atoms with Crippen molar-refractivity contribution in [1.29, 1.82) is 0 Å². The molecule has 1 atom stereocenters. The van der Waals surface area contributed by atoms with Gasteiger partial charge in [-0.2, -0.15) is 0 Å². The molecule has 1 aromatic rings. The van der Waals surface area contributed by atoms with Gasteiger partial charge in [-0.15, -0.1) is 6.58 Å². The summed E-state index contributed by atoms with van der Waals surface area (Å²) in [4.78, 5) is 22.9. The van der Waals surface area contributed by atoms with Crippen LogP contribution < -0.4 is 11.1 Å². The van der Waals surface area contributed by atoms with Crippen LogP contribution in [0.5, 0.6) is 0 Å². The molecular formula is C14H18N2O2. The molecule has 0 spiro atoms. The third-order valence-electron chi connectivity index (χ3n) is 2.44. The first kappa shape index (κ1) is 14.0. The van der Waals surface area contributed by atoms with E-state index in [1.165, 1.54) is 0 Å². The fourth-order valence-electron chi connectivity index (χ4n) is 1.60. The number of nitrogens with two attached hydrogens (primary N) is 1. The van der Waals surface area contributed by atoms with Crippen molar-refractivity contribution >= 4 is 11.8 Å². The van der Waals surface area contributed by atoms with Gasteiger partial charge in [0.05, 0.1) is 6.42 Å². The molecule has 0 aromatic heterocycles. The molecule has 4 heteroatoms. The van der Waals surface area contributed by atoms with Crippen molar-refractivity contribution in [2.45, 2.75) is 25.8 Å². The van der Waals surface area contributed by atoms with Crippen LogP contribution in [0.2, 0.25) is 0 Å². The van der Waals surface area contributed by atoms with Gasteiger partial charge in [0.1, 0.15) is 6.04 Å². The maximum atomic E-state index is 11.8. The van der Waals surface area contributed by atoms with E-state index in [-0.39, 0.29) is 12.3 Å². The molecule has 0 aliphatic carbocycles. The van der Waals surface area contributed by atoms with Crippen molar-refractivity contribution in [2.24, 2.45) is 5.73 Å². The Morgan fingerprint density at radius 1 is 1.33 bits per heavy atom. The average Bonchev–Trinajstić information content (AvgIpc) is 2.28. The summed E-state index contributed by atoms with van der Waals surface area (Å²) >= 11 is 0. The van der Waals surface area contributed by atoms with E-state index in [0.717, 1.165) is 11.1 Å². The van der Waals surface area contributed by atoms with E-state index in [9.17, 15) is 9.59 Å². The smallest absolute Gasteiger partial charge is 0.240 e. The highest BCUT2D eigenvalue weighted by Crippen LogP contribution is 2.03. The number of primary amides is 1. The quantitative estimate of drug-likeness (QED) is 0.739. The Bertz CT molecular complexity index is 440. The molecule has 0 aliphatic heterocycles. The first-order valence-electron chi connectivity index (χ1n) is 5.76. The molecule has 4 nitrogen and oxygen atoms in total. The molecule has 96 valence electrons. The molecule has 0 radical (unpaired) electrons. The fourth-order valence-corrected chi connectivity index (χ4v) is 1.60. The van der Waals surface area contributed by atoms with Crippen molar-refractivity contribution in [2.75, 3.05) is 0 Å². The first-order valence-corrected chi connectivity index (χ1v) is 5.76. The number of benzene rings is 1. The lowest BCUT2D eigenvalue weighted by atomic mass is 10.1.